The molecule has 172 valence electrons. The largest absolute Gasteiger partial charge is 0.489 e. The molecule has 2 aromatic carbocycles. The molecular weight excluding hydrogens is 428 g/mol. The first-order valence-corrected chi connectivity index (χ1v) is 11.2. The van der Waals surface area contributed by atoms with Crippen LogP contribution < -0.4 is 15.0 Å². The van der Waals surface area contributed by atoms with Crippen molar-refractivity contribution in [3.63, 3.8) is 0 Å². The molecule has 1 fully saturated rings. The average Bonchev–Trinajstić information content (AvgIpc) is 3.16. The lowest BCUT2D eigenvalue weighted by Gasteiger charge is -2.39. The number of hydrogen-bond acceptors (Lipinski definition) is 6. The van der Waals surface area contributed by atoms with E-state index in [0.717, 1.165) is 40.0 Å². The van der Waals surface area contributed by atoms with Crippen molar-refractivity contribution < 1.29 is 9.53 Å². The van der Waals surface area contributed by atoms with Gasteiger partial charge >= 0.3 is 0 Å². The summed E-state index contributed by atoms with van der Waals surface area (Å²) >= 11 is 0. The Balaban J connectivity index is 1.14. The second kappa shape index (κ2) is 9.35. The molecule has 3 heterocycles. The minimum atomic E-state index is -0.0962. The summed E-state index contributed by atoms with van der Waals surface area (Å²) in [5, 5.41) is 7.48. The molecule has 8 nitrogen and oxygen atoms in total. The number of carbonyl (C=O) groups is 1. The molecule has 8 heteroatoms. The van der Waals surface area contributed by atoms with E-state index in [-0.39, 0.29) is 11.8 Å². The summed E-state index contributed by atoms with van der Waals surface area (Å²) in [6.45, 7) is 5.67. The van der Waals surface area contributed by atoms with Crippen LogP contribution in [0.25, 0.3) is 5.82 Å². The van der Waals surface area contributed by atoms with Crippen LogP contribution in [0.5, 0.6) is 5.75 Å². The lowest BCUT2D eigenvalue weighted by molar-refractivity contribution is -0.120. The fourth-order valence-electron chi connectivity index (χ4n) is 3.94. The third-order valence-electron chi connectivity index (χ3n) is 5.81. The monoisotopic (exact) mass is 454 g/mol. The predicted molar refractivity (Wildman–Crippen MR) is 130 cm³/mol. The molecule has 1 amide bonds. The van der Waals surface area contributed by atoms with Crippen LogP contribution in [-0.2, 0) is 11.4 Å². The van der Waals surface area contributed by atoms with Crippen molar-refractivity contribution >= 4 is 17.4 Å². The standard InChI is InChI=1S/C26H26N6O2/c1-18-12-19(2)32(30-18)25-13-24(27-17-28-25)31-14-21(15-31)26(33)29-22-8-10-23(11-9-22)34-16-20-6-4-3-5-7-20/h3-13,17,21H,14-16H2,1-2H3,(H,29,33). The normalized spacial score (nSPS) is 13.4. The molecule has 1 aliphatic heterocycles. The maximum absolute atomic E-state index is 12.7. The van der Waals surface area contributed by atoms with Crippen molar-refractivity contribution in [2.24, 2.45) is 5.92 Å². The smallest absolute Gasteiger partial charge is 0.231 e. The van der Waals surface area contributed by atoms with E-state index in [4.69, 9.17) is 4.74 Å². The van der Waals surface area contributed by atoms with Gasteiger partial charge in [-0.1, -0.05) is 30.3 Å². The molecule has 1 aliphatic rings. The highest BCUT2D eigenvalue weighted by Crippen LogP contribution is 2.25. The van der Waals surface area contributed by atoms with Crippen LogP contribution in [0.2, 0.25) is 0 Å². The number of hydrogen-bond donors (Lipinski definition) is 1. The molecule has 1 saturated heterocycles. The summed E-state index contributed by atoms with van der Waals surface area (Å²) in [6, 6.07) is 21.4. The molecule has 4 aromatic rings. The van der Waals surface area contributed by atoms with Crippen molar-refractivity contribution in [2.75, 3.05) is 23.3 Å². The van der Waals surface area contributed by atoms with Crippen LogP contribution >= 0.6 is 0 Å². The van der Waals surface area contributed by atoms with Crippen molar-refractivity contribution in [2.45, 2.75) is 20.5 Å². The number of amides is 1. The van der Waals surface area contributed by atoms with Gasteiger partial charge in [0.15, 0.2) is 5.82 Å². The van der Waals surface area contributed by atoms with E-state index in [1.807, 2.05) is 80.6 Å². The summed E-state index contributed by atoms with van der Waals surface area (Å²) in [4.78, 5) is 23.5. The Bertz CT molecular complexity index is 1280. The SMILES string of the molecule is Cc1cc(C)n(-c2cc(N3CC(C(=O)Nc4ccc(OCc5ccccc5)cc4)C3)ncn2)n1. The molecule has 2 aromatic heterocycles. The van der Waals surface area contributed by atoms with Gasteiger partial charge in [0, 0.05) is 30.5 Å². The van der Waals surface area contributed by atoms with Gasteiger partial charge in [0.05, 0.1) is 11.6 Å². The van der Waals surface area contributed by atoms with Gasteiger partial charge in [0.25, 0.3) is 0 Å². The van der Waals surface area contributed by atoms with Gasteiger partial charge in [-0.3, -0.25) is 4.79 Å². The van der Waals surface area contributed by atoms with Crippen molar-refractivity contribution in [3.05, 3.63) is 90.0 Å². The zero-order chi connectivity index (χ0) is 23.5. The Kier molecular flexibility index (Phi) is 5.95. The fraction of sp³-hybridized carbons (Fsp3) is 0.231. The molecule has 1 N–H and O–H groups in total. The number of benzene rings is 2. The van der Waals surface area contributed by atoms with E-state index >= 15 is 0 Å². The quantitative estimate of drug-likeness (QED) is 0.455. The molecular formula is C26H26N6O2. The molecule has 0 radical (unpaired) electrons. The second-order valence-corrected chi connectivity index (χ2v) is 8.46. The molecule has 0 aliphatic carbocycles. The van der Waals surface area contributed by atoms with E-state index in [1.165, 1.54) is 6.33 Å². The Morgan fingerprint density at radius 2 is 1.74 bits per heavy atom. The van der Waals surface area contributed by atoms with Crippen molar-refractivity contribution in [3.8, 4) is 11.6 Å². The average molecular weight is 455 g/mol. The minimum absolute atomic E-state index is 0.00188. The van der Waals surface area contributed by atoms with Gasteiger partial charge < -0.3 is 15.0 Å². The Hall–Kier alpha value is -4.20. The number of nitrogens with one attached hydrogen (secondary N) is 1. The highest BCUT2D eigenvalue weighted by Gasteiger charge is 2.33. The third-order valence-corrected chi connectivity index (χ3v) is 5.81. The highest BCUT2D eigenvalue weighted by molar-refractivity contribution is 5.94. The van der Waals surface area contributed by atoms with E-state index in [0.29, 0.717) is 19.7 Å². The Labute approximate surface area is 198 Å². The second-order valence-electron chi connectivity index (χ2n) is 8.46. The highest BCUT2D eigenvalue weighted by atomic mass is 16.5. The molecule has 0 saturated carbocycles. The number of aromatic nitrogens is 4. The third kappa shape index (κ3) is 4.76. The van der Waals surface area contributed by atoms with Crippen LogP contribution in [-0.4, -0.2) is 38.7 Å². The number of aryl methyl sites for hydroxylation is 2. The topological polar surface area (TPSA) is 85.2 Å². The first-order chi connectivity index (χ1) is 16.5. The molecule has 0 unspecified atom stereocenters. The van der Waals surface area contributed by atoms with E-state index in [1.54, 1.807) is 4.68 Å². The first-order valence-electron chi connectivity index (χ1n) is 11.2. The van der Waals surface area contributed by atoms with Crippen molar-refractivity contribution in [1.82, 2.24) is 19.7 Å². The van der Waals surface area contributed by atoms with Gasteiger partial charge in [0.1, 0.15) is 24.5 Å². The molecule has 34 heavy (non-hydrogen) atoms. The lowest BCUT2D eigenvalue weighted by atomic mass is 9.99. The molecule has 0 spiro atoms. The number of rotatable bonds is 7. The van der Waals surface area contributed by atoms with Crippen LogP contribution in [0.1, 0.15) is 17.0 Å². The zero-order valence-corrected chi connectivity index (χ0v) is 19.2. The lowest BCUT2D eigenvalue weighted by Crippen LogP contribution is -2.52. The Morgan fingerprint density at radius 3 is 2.44 bits per heavy atom. The van der Waals surface area contributed by atoms with Gasteiger partial charge in [-0.05, 0) is 49.7 Å². The number of nitrogens with zero attached hydrogens (tertiary/aromatic N) is 5. The van der Waals surface area contributed by atoms with Crippen LogP contribution in [0.4, 0.5) is 11.5 Å². The molecule has 5 rings (SSSR count). The summed E-state index contributed by atoms with van der Waals surface area (Å²) in [5.74, 6) is 2.18. The van der Waals surface area contributed by atoms with Crippen molar-refractivity contribution in [1.29, 1.82) is 0 Å². The summed E-state index contributed by atoms with van der Waals surface area (Å²) in [6.07, 6.45) is 1.54. The van der Waals surface area contributed by atoms with Gasteiger partial charge in [-0.15, -0.1) is 0 Å². The van der Waals surface area contributed by atoms with E-state index in [2.05, 4.69) is 25.3 Å². The van der Waals surface area contributed by atoms with Crippen LogP contribution in [0.15, 0.2) is 73.1 Å². The van der Waals surface area contributed by atoms with Gasteiger partial charge in [0.2, 0.25) is 5.91 Å². The zero-order valence-electron chi connectivity index (χ0n) is 19.2. The number of ether oxygens (including phenoxy) is 1. The fourth-order valence-corrected chi connectivity index (χ4v) is 3.94. The van der Waals surface area contributed by atoms with Crippen LogP contribution in [0, 0.1) is 19.8 Å². The van der Waals surface area contributed by atoms with Gasteiger partial charge in [-0.2, -0.15) is 5.10 Å². The predicted octanol–water partition coefficient (Wildman–Crippen LogP) is 3.93. The maximum atomic E-state index is 12.7. The molecule has 0 atom stereocenters. The summed E-state index contributed by atoms with van der Waals surface area (Å²) < 4.78 is 7.61. The summed E-state index contributed by atoms with van der Waals surface area (Å²) in [5.41, 5.74) is 3.82. The number of carbonyl (C=O) groups excluding carboxylic acids is 1. The summed E-state index contributed by atoms with van der Waals surface area (Å²) in [7, 11) is 0. The minimum Gasteiger partial charge on any atom is -0.489 e. The van der Waals surface area contributed by atoms with Crippen LogP contribution in [0.3, 0.4) is 0 Å². The molecule has 0 bridgehead atoms. The van der Waals surface area contributed by atoms with Gasteiger partial charge in [-0.25, -0.2) is 14.6 Å². The van der Waals surface area contributed by atoms with E-state index < -0.39 is 0 Å². The number of anilines is 2. The van der Waals surface area contributed by atoms with E-state index in [9.17, 15) is 4.79 Å². The first kappa shape index (κ1) is 21.6. The Morgan fingerprint density at radius 1 is 1.00 bits per heavy atom. The maximum Gasteiger partial charge on any atom is 0.231 e.